The van der Waals surface area contributed by atoms with E-state index in [1.165, 1.54) is 7.11 Å². The molecule has 4 nitrogen and oxygen atoms in total. The zero-order valence-corrected chi connectivity index (χ0v) is 11.2. The Bertz CT molecular complexity index is 507. The minimum absolute atomic E-state index is 0.0682. The van der Waals surface area contributed by atoms with Gasteiger partial charge in [-0.2, -0.15) is 0 Å². The predicted octanol–water partition coefficient (Wildman–Crippen LogP) is 1.99. The van der Waals surface area contributed by atoms with Crippen molar-refractivity contribution in [2.24, 2.45) is 5.92 Å². The lowest BCUT2D eigenvalue weighted by Gasteiger charge is -2.26. The number of ketones is 1. The summed E-state index contributed by atoms with van der Waals surface area (Å²) in [6.07, 6.45) is 1.37. The van der Waals surface area contributed by atoms with Crippen molar-refractivity contribution in [3.05, 3.63) is 34.9 Å². The van der Waals surface area contributed by atoms with E-state index < -0.39 is 12.1 Å². The summed E-state index contributed by atoms with van der Waals surface area (Å²) < 4.78 is 4.66. The van der Waals surface area contributed by atoms with Gasteiger partial charge in [-0.25, -0.2) is 4.79 Å². The first-order valence-electron chi connectivity index (χ1n) is 6.52. The Balaban J connectivity index is 2.36. The second-order valence-electron chi connectivity index (χ2n) is 4.85. The molecule has 0 saturated carbocycles. The molecule has 4 heteroatoms. The molecule has 0 radical (unpaired) electrons. The number of methoxy groups -OCH3 is 1. The Morgan fingerprint density at radius 3 is 2.89 bits per heavy atom. The van der Waals surface area contributed by atoms with Crippen LogP contribution in [0.3, 0.4) is 0 Å². The fourth-order valence-electron chi connectivity index (χ4n) is 2.56. The van der Waals surface area contributed by atoms with Crippen LogP contribution in [0.25, 0.3) is 0 Å². The van der Waals surface area contributed by atoms with Crippen molar-refractivity contribution in [3.8, 4) is 0 Å². The topological polar surface area (TPSA) is 63.6 Å². The molecule has 0 aromatic heterocycles. The molecule has 0 bridgehead atoms. The molecule has 0 aliphatic heterocycles. The third kappa shape index (κ3) is 2.54. The average molecular weight is 262 g/mol. The molecule has 1 N–H and O–H groups in total. The highest BCUT2D eigenvalue weighted by molar-refractivity contribution is 6.02. The van der Waals surface area contributed by atoms with Gasteiger partial charge >= 0.3 is 5.97 Å². The van der Waals surface area contributed by atoms with Gasteiger partial charge in [-0.1, -0.05) is 13.0 Å². The van der Waals surface area contributed by atoms with E-state index in [-0.39, 0.29) is 11.7 Å². The van der Waals surface area contributed by atoms with Crippen LogP contribution in [0.4, 0.5) is 0 Å². The summed E-state index contributed by atoms with van der Waals surface area (Å²) in [5.41, 5.74) is 1.87. The smallest absolute Gasteiger partial charge is 0.337 e. The van der Waals surface area contributed by atoms with E-state index >= 15 is 0 Å². The molecule has 19 heavy (non-hydrogen) atoms. The first kappa shape index (κ1) is 13.7. The van der Waals surface area contributed by atoms with Crippen molar-refractivity contribution in [2.75, 3.05) is 7.11 Å². The molecule has 0 spiro atoms. The van der Waals surface area contributed by atoms with Crippen LogP contribution in [0.2, 0.25) is 0 Å². The summed E-state index contributed by atoms with van der Waals surface area (Å²) in [5, 5.41) is 9.89. The van der Waals surface area contributed by atoms with Gasteiger partial charge in [0.2, 0.25) is 0 Å². The van der Waals surface area contributed by atoms with E-state index in [1.807, 2.05) is 6.92 Å². The number of aryl methyl sites for hydroxylation is 1. The fourth-order valence-corrected chi connectivity index (χ4v) is 2.56. The fraction of sp³-hybridized carbons (Fsp3) is 0.467. The molecule has 2 unspecified atom stereocenters. The van der Waals surface area contributed by atoms with E-state index in [0.717, 1.165) is 12.0 Å². The van der Waals surface area contributed by atoms with Gasteiger partial charge in [-0.3, -0.25) is 4.79 Å². The van der Waals surface area contributed by atoms with Gasteiger partial charge in [0.05, 0.1) is 18.8 Å². The molecule has 0 saturated heterocycles. The Hall–Kier alpha value is -1.68. The highest BCUT2D eigenvalue weighted by atomic mass is 16.5. The van der Waals surface area contributed by atoms with Crippen LogP contribution in [0.5, 0.6) is 0 Å². The first-order chi connectivity index (χ1) is 9.08. The Labute approximate surface area is 112 Å². The molecule has 102 valence electrons. The highest BCUT2D eigenvalue weighted by Crippen LogP contribution is 2.29. The van der Waals surface area contributed by atoms with Crippen LogP contribution in [0, 0.1) is 5.92 Å². The van der Waals surface area contributed by atoms with E-state index in [1.54, 1.807) is 18.2 Å². The SMILES string of the molecule is CCC(O)C1CCc2ccc(C(=O)OC)cc2C1=O. The summed E-state index contributed by atoms with van der Waals surface area (Å²) >= 11 is 0. The van der Waals surface area contributed by atoms with Crippen molar-refractivity contribution >= 4 is 11.8 Å². The number of carbonyl (C=O) groups excluding carboxylic acids is 2. The molecule has 0 amide bonds. The highest BCUT2D eigenvalue weighted by Gasteiger charge is 2.32. The van der Waals surface area contributed by atoms with E-state index in [0.29, 0.717) is 24.0 Å². The van der Waals surface area contributed by atoms with Gasteiger partial charge < -0.3 is 9.84 Å². The Morgan fingerprint density at radius 1 is 1.53 bits per heavy atom. The molecule has 1 aromatic carbocycles. The van der Waals surface area contributed by atoms with Crippen molar-refractivity contribution in [1.82, 2.24) is 0 Å². The third-order valence-corrected chi connectivity index (χ3v) is 3.74. The molecule has 1 aliphatic rings. The standard InChI is InChI=1S/C15H18O4/c1-3-13(16)11-7-6-9-4-5-10(15(18)19-2)8-12(9)14(11)17/h4-5,8,11,13,16H,3,6-7H2,1-2H3. The predicted molar refractivity (Wildman–Crippen MR) is 70.2 cm³/mol. The van der Waals surface area contributed by atoms with E-state index in [9.17, 15) is 14.7 Å². The van der Waals surface area contributed by atoms with Gasteiger partial charge in [-0.15, -0.1) is 0 Å². The zero-order valence-electron chi connectivity index (χ0n) is 11.2. The minimum Gasteiger partial charge on any atom is -0.465 e. The number of hydrogen-bond acceptors (Lipinski definition) is 4. The van der Waals surface area contributed by atoms with Crippen LogP contribution in [-0.4, -0.2) is 30.1 Å². The molecule has 0 heterocycles. The van der Waals surface area contributed by atoms with E-state index in [2.05, 4.69) is 4.74 Å². The number of Topliss-reactive ketones (excluding diaryl/α,β-unsaturated/α-hetero) is 1. The number of benzene rings is 1. The summed E-state index contributed by atoms with van der Waals surface area (Å²) in [6.45, 7) is 1.86. The van der Waals surface area contributed by atoms with Crippen molar-refractivity contribution in [3.63, 3.8) is 0 Å². The monoisotopic (exact) mass is 262 g/mol. The quantitative estimate of drug-likeness (QED) is 0.846. The maximum absolute atomic E-state index is 12.4. The normalized spacial score (nSPS) is 19.7. The number of esters is 1. The molecule has 1 aliphatic carbocycles. The van der Waals surface area contributed by atoms with Crippen LogP contribution in [-0.2, 0) is 11.2 Å². The molecule has 0 fully saturated rings. The lowest BCUT2D eigenvalue weighted by Crippen LogP contribution is -2.32. The van der Waals surface area contributed by atoms with Crippen molar-refractivity contribution < 1.29 is 19.4 Å². The summed E-state index contributed by atoms with van der Waals surface area (Å²) in [7, 11) is 1.31. The number of ether oxygens (including phenoxy) is 1. The zero-order chi connectivity index (χ0) is 14.0. The van der Waals surface area contributed by atoms with Crippen LogP contribution < -0.4 is 0 Å². The second kappa shape index (κ2) is 5.53. The first-order valence-corrected chi connectivity index (χ1v) is 6.52. The van der Waals surface area contributed by atoms with E-state index in [4.69, 9.17) is 0 Å². The molecular weight excluding hydrogens is 244 g/mol. The third-order valence-electron chi connectivity index (χ3n) is 3.74. The minimum atomic E-state index is -0.609. The van der Waals surface area contributed by atoms with Crippen LogP contribution >= 0.6 is 0 Å². The maximum Gasteiger partial charge on any atom is 0.337 e. The number of aliphatic hydroxyl groups excluding tert-OH is 1. The average Bonchev–Trinajstić information content (AvgIpc) is 2.45. The maximum atomic E-state index is 12.4. The van der Waals surface area contributed by atoms with Gasteiger partial charge in [0, 0.05) is 11.5 Å². The van der Waals surface area contributed by atoms with Gasteiger partial charge in [0.15, 0.2) is 5.78 Å². The van der Waals surface area contributed by atoms with Gasteiger partial charge in [-0.05, 0) is 37.0 Å². The van der Waals surface area contributed by atoms with Gasteiger partial charge in [0.1, 0.15) is 0 Å². The second-order valence-corrected chi connectivity index (χ2v) is 4.85. The van der Waals surface area contributed by atoms with Crippen LogP contribution in [0.15, 0.2) is 18.2 Å². The Kier molecular flexibility index (Phi) is 4.00. The molecule has 1 aromatic rings. The summed E-state index contributed by atoms with van der Waals surface area (Å²) in [6, 6.07) is 5.06. The van der Waals surface area contributed by atoms with Crippen LogP contribution in [0.1, 0.15) is 46.0 Å². The van der Waals surface area contributed by atoms with Gasteiger partial charge in [0.25, 0.3) is 0 Å². The molecular formula is C15H18O4. The molecule has 2 atom stereocenters. The number of rotatable bonds is 3. The Morgan fingerprint density at radius 2 is 2.26 bits per heavy atom. The van der Waals surface area contributed by atoms with Crippen molar-refractivity contribution in [2.45, 2.75) is 32.3 Å². The summed E-state index contributed by atoms with van der Waals surface area (Å²) in [4.78, 5) is 23.9. The lowest BCUT2D eigenvalue weighted by atomic mass is 9.79. The number of carbonyl (C=O) groups is 2. The van der Waals surface area contributed by atoms with Crippen molar-refractivity contribution in [1.29, 1.82) is 0 Å². The lowest BCUT2D eigenvalue weighted by molar-refractivity contribution is 0.0600. The largest absolute Gasteiger partial charge is 0.465 e. The number of hydrogen-bond donors (Lipinski definition) is 1. The molecule has 2 rings (SSSR count). The number of fused-ring (bicyclic) bond motifs is 1. The number of aliphatic hydroxyl groups is 1. The summed E-state index contributed by atoms with van der Waals surface area (Å²) in [5.74, 6) is -0.875.